The molecule has 1 heterocycles. The van der Waals surface area contributed by atoms with Gasteiger partial charge in [0, 0.05) is 31.8 Å². The minimum atomic E-state index is -0.0305. The van der Waals surface area contributed by atoms with Gasteiger partial charge in [0.25, 0.3) is 0 Å². The second kappa shape index (κ2) is 7.74. The van der Waals surface area contributed by atoms with Crippen LogP contribution in [0.1, 0.15) is 25.3 Å². The zero-order valence-electron chi connectivity index (χ0n) is 15.1. The zero-order chi connectivity index (χ0) is 17.8. The summed E-state index contributed by atoms with van der Waals surface area (Å²) in [5.74, 6) is 0.796. The smallest absolute Gasteiger partial charge is 0.317 e. The van der Waals surface area contributed by atoms with E-state index in [1.165, 1.54) is 0 Å². The van der Waals surface area contributed by atoms with E-state index in [1.807, 2.05) is 29.2 Å². The van der Waals surface area contributed by atoms with E-state index in [0.29, 0.717) is 6.54 Å². The Morgan fingerprint density at radius 1 is 1.24 bits per heavy atom. The van der Waals surface area contributed by atoms with Gasteiger partial charge in [0.05, 0.1) is 13.2 Å². The first-order valence-electron chi connectivity index (χ1n) is 8.76. The van der Waals surface area contributed by atoms with Gasteiger partial charge in [-0.3, -0.25) is 0 Å². The molecule has 0 aliphatic carbocycles. The zero-order valence-corrected chi connectivity index (χ0v) is 15.1. The molecule has 2 amide bonds. The van der Waals surface area contributed by atoms with Gasteiger partial charge in [0.1, 0.15) is 5.75 Å². The molecular formula is C20H26N2O3. The molecule has 0 unspecified atom stereocenters. The molecule has 2 aromatic rings. The van der Waals surface area contributed by atoms with Crippen LogP contribution in [0.25, 0.3) is 10.8 Å². The van der Waals surface area contributed by atoms with Crippen LogP contribution >= 0.6 is 0 Å². The molecule has 134 valence electrons. The Balaban J connectivity index is 1.73. The number of likely N-dealkylation sites (tertiary alicyclic amines) is 1. The number of fused-ring (bicyclic) bond motifs is 1. The van der Waals surface area contributed by atoms with Crippen LogP contribution in [-0.2, 0) is 11.3 Å². The molecule has 0 bridgehead atoms. The largest absolute Gasteiger partial charge is 0.496 e. The van der Waals surface area contributed by atoms with Crippen LogP contribution in [0.4, 0.5) is 4.79 Å². The molecule has 25 heavy (non-hydrogen) atoms. The Kier molecular flexibility index (Phi) is 5.43. The van der Waals surface area contributed by atoms with Crippen molar-refractivity contribution in [1.29, 1.82) is 0 Å². The highest BCUT2D eigenvalue weighted by atomic mass is 16.5. The fourth-order valence-corrected chi connectivity index (χ4v) is 3.60. The summed E-state index contributed by atoms with van der Waals surface area (Å²) >= 11 is 0. The highest BCUT2D eigenvalue weighted by molar-refractivity contribution is 5.88. The second-order valence-electron chi connectivity index (χ2n) is 6.55. The van der Waals surface area contributed by atoms with Crippen molar-refractivity contribution in [3.05, 3.63) is 42.0 Å². The number of piperidine rings is 1. The van der Waals surface area contributed by atoms with Gasteiger partial charge in [0.2, 0.25) is 0 Å². The maximum Gasteiger partial charge on any atom is 0.317 e. The molecule has 5 nitrogen and oxygen atoms in total. The first-order chi connectivity index (χ1) is 12.1. The molecule has 1 N–H and O–H groups in total. The maximum absolute atomic E-state index is 12.6. The summed E-state index contributed by atoms with van der Waals surface area (Å²) in [6.45, 7) is 3.24. The number of carbonyl (C=O) groups excluding carboxylic acids is 1. The summed E-state index contributed by atoms with van der Waals surface area (Å²) in [7, 11) is 3.40. The van der Waals surface area contributed by atoms with Gasteiger partial charge >= 0.3 is 6.03 Å². The molecule has 1 aliphatic heterocycles. The van der Waals surface area contributed by atoms with E-state index < -0.39 is 0 Å². The van der Waals surface area contributed by atoms with E-state index in [1.54, 1.807) is 14.2 Å². The van der Waals surface area contributed by atoms with E-state index >= 15 is 0 Å². The van der Waals surface area contributed by atoms with Crippen molar-refractivity contribution in [2.45, 2.75) is 38.5 Å². The lowest BCUT2D eigenvalue weighted by Gasteiger charge is -2.37. The molecule has 3 rings (SSSR count). The quantitative estimate of drug-likeness (QED) is 0.924. The van der Waals surface area contributed by atoms with Gasteiger partial charge in [-0.25, -0.2) is 4.79 Å². The lowest BCUT2D eigenvalue weighted by atomic mass is 10.0. The summed E-state index contributed by atoms with van der Waals surface area (Å²) in [4.78, 5) is 14.5. The predicted octanol–water partition coefficient (Wildman–Crippen LogP) is 3.56. The molecule has 2 atom stereocenters. The van der Waals surface area contributed by atoms with Gasteiger partial charge in [-0.15, -0.1) is 0 Å². The molecular weight excluding hydrogens is 316 g/mol. The normalized spacial score (nSPS) is 20.5. The molecule has 1 saturated heterocycles. The molecule has 2 aromatic carbocycles. The summed E-state index contributed by atoms with van der Waals surface area (Å²) < 4.78 is 10.9. The highest BCUT2D eigenvalue weighted by Gasteiger charge is 2.28. The number of methoxy groups -OCH3 is 2. The molecule has 0 aromatic heterocycles. The number of amides is 2. The van der Waals surface area contributed by atoms with Gasteiger partial charge in [0.15, 0.2) is 0 Å². The Morgan fingerprint density at radius 3 is 2.76 bits per heavy atom. The van der Waals surface area contributed by atoms with E-state index in [9.17, 15) is 4.79 Å². The van der Waals surface area contributed by atoms with Gasteiger partial charge < -0.3 is 19.7 Å². The third-order valence-corrected chi connectivity index (χ3v) is 5.06. The van der Waals surface area contributed by atoms with E-state index in [2.05, 4.69) is 24.4 Å². The number of urea groups is 1. The standard InChI is InChI=1S/C20H26N2O3/c1-14-12-16(24-2)10-11-22(14)20(23)21-13-18-17-7-5-4-6-15(17)8-9-19(18)25-3/h4-9,14,16H,10-13H2,1-3H3,(H,21,23)/t14-,16-/m0/s1. The van der Waals surface area contributed by atoms with Crippen LogP contribution < -0.4 is 10.1 Å². The van der Waals surface area contributed by atoms with Gasteiger partial charge in [-0.1, -0.05) is 30.3 Å². The van der Waals surface area contributed by atoms with Crippen molar-refractivity contribution in [3.63, 3.8) is 0 Å². The highest BCUT2D eigenvalue weighted by Crippen LogP contribution is 2.28. The Labute approximate surface area is 148 Å². The lowest BCUT2D eigenvalue weighted by molar-refractivity contribution is 0.0293. The van der Waals surface area contributed by atoms with Crippen molar-refractivity contribution in [3.8, 4) is 5.75 Å². The van der Waals surface area contributed by atoms with Gasteiger partial charge in [-0.05, 0) is 36.6 Å². The minimum Gasteiger partial charge on any atom is -0.496 e. The SMILES string of the molecule is COc1ccc2ccccc2c1CNC(=O)N1CC[C@H](OC)C[C@@H]1C. The first kappa shape index (κ1) is 17.5. The Bertz CT molecular complexity index is 747. The number of benzene rings is 2. The van der Waals surface area contributed by atoms with Crippen LogP contribution in [0.5, 0.6) is 5.75 Å². The third kappa shape index (κ3) is 3.71. The minimum absolute atomic E-state index is 0.0305. The number of nitrogens with one attached hydrogen (secondary N) is 1. The lowest BCUT2D eigenvalue weighted by Crippen LogP contribution is -2.50. The summed E-state index contributed by atoms with van der Waals surface area (Å²) in [5, 5.41) is 5.31. The summed E-state index contributed by atoms with van der Waals surface area (Å²) in [6.07, 6.45) is 2.00. The monoisotopic (exact) mass is 342 g/mol. The van der Waals surface area contributed by atoms with Gasteiger partial charge in [-0.2, -0.15) is 0 Å². The van der Waals surface area contributed by atoms with Crippen molar-refractivity contribution in [2.75, 3.05) is 20.8 Å². The van der Waals surface area contributed by atoms with Crippen LogP contribution in [0.3, 0.4) is 0 Å². The molecule has 1 fully saturated rings. The first-order valence-corrected chi connectivity index (χ1v) is 8.76. The number of carbonyl (C=O) groups is 1. The van der Waals surface area contributed by atoms with Crippen molar-refractivity contribution in [1.82, 2.24) is 10.2 Å². The fraction of sp³-hybridized carbons (Fsp3) is 0.450. The number of nitrogens with zero attached hydrogens (tertiary/aromatic N) is 1. The molecule has 0 saturated carbocycles. The molecule has 5 heteroatoms. The Morgan fingerprint density at radius 2 is 2.04 bits per heavy atom. The number of ether oxygens (including phenoxy) is 2. The average molecular weight is 342 g/mol. The number of hydrogen-bond donors (Lipinski definition) is 1. The van der Waals surface area contributed by atoms with E-state index in [0.717, 1.165) is 41.5 Å². The van der Waals surface area contributed by atoms with Crippen LogP contribution in [-0.4, -0.2) is 43.8 Å². The van der Waals surface area contributed by atoms with Crippen molar-refractivity contribution < 1.29 is 14.3 Å². The van der Waals surface area contributed by atoms with Crippen LogP contribution in [0.15, 0.2) is 36.4 Å². The molecule has 0 spiro atoms. The van der Waals surface area contributed by atoms with Crippen LogP contribution in [0.2, 0.25) is 0 Å². The predicted molar refractivity (Wildman–Crippen MR) is 98.9 cm³/mol. The second-order valence-corrected chi connectivity index (χ2v) is 6.55. The van der Waals surface area contributed by atoms with Crippen LogP contribution in [0, 0.1) is 0 Å². The van der Waals surface area contributed by atoms with Crippen molar-refractivity contribution >= 4 is 16.8 Å². The molecule has 1 aliphatic rings. The topological polar surface area (TPSA) is 50.8 Å². The van der Waals surface area contributed by atoms with E-state index in [-0.39, 0.29) is 18.2 Å². The summed E-state index contributed by atoms with van der Waals surface area (Å²) in [5.41, 5.74) is 1.01. The maximum atomic E-state index is 12.6. The Hall–Kier alpha value is -2.27. The third-order valence-electron chi connectivity index (χ3n) is 5.06. The summed E-state index contributed by atoms with van der Waals surface area (Å²) in [6, 6.07) is 12.3. The molecule has 0 radical (unpaired) electrons. The number of rotatable bonds is 4. The average Bonchev–Trinajstić information content (AvgIpc) is 2.65. The number of hydrogen-bond acceptors (Lipinski definition) is 3. The fourth-order valence-electron chi connectivity index (χ4n) is 3.60. The van der Waals surface area contributed by atoms with Crippen molar-refractivity contribution in [2.24, 2.45) is 0 Å². The van der Waals surface area contributed by atoms with E-state index in [4.69, 9.17) is 9.47 Å².